The molecule has 9 heteroatoms. The molecule has 0 bridgehead atoms. The lowest BCUT2D eigenvalue weighted by Crippen LogP contribution is -2.42. The molecule has 3 rings (SSSR count). The van der Waals surface area contributed by atoms with Crippen LogP contribution in [0, 0.1) is 6.92 Å². The van der Waals surface area contributed by atoms with Crippen LogP contribution in [-0.2, 0) is 14.8 Å². The van der Waals surface area contributed by atoms with Gasteiger partial charge in [-0.15, -0.1) is 0 Å². The third kappa shape index (κ3) is 3.00. The maximum Gasteiger partial charge on any atom is 0.243 e. The van der Waals surface area contributed by atoms with Gasteiger partial charge in [0.1, 0.15) is 6.10 Å². The molecule has 0 saturated carbocycles. The number of benzene rings is 1. The Morgan fingerprint density at radius 1 is 1.32 bits per heavy atom. The van der Waals surface area contributed by atoms with E-state index < -0.39 is 16.1 Å². The molecule has 2 heterocycles. The summed E-state index contributed by atoms with van der Waals surface area (Å²) in [6, 6.07) is 6.07. The number of hydrogen-bond donors (Lipinski definition) is 0. The van der Waals surface area contributed by atoms with Crippen LogP contribution in [0.3, 0.4) is 0 Å². The van der Waals surface area contributed by atoms with E-state index in [1.165, 1.54) is 16.4 Å². The van der Waals surface area contributed by atoms with Crippen LogP contribution in [0.4, 0.5) is 0 Å². The van der Waals surface area contributed by atoms with Gasteiger partial charge in [0.2, 0.25) is 21.7 Å². The smallest absolute Gasteiger partial charge is 0.243 e. The monoisotopic (exact) mass is 343 g/mol. The first-order valence-corrected chi connectivity index (χ1v) is 8.46. The Morgan fingerprint density at radius 2 is 2.05 bits per heavy atom. The van der Waals surface area contributed by atoms with Crippen LogP contribution in [0.25, 0.3) is 0 Å². The Bertz CT molecular complexity index is 760. The molecule has 2 aromatic rings. The maximum absolute atomic E-state index is 12.6. The summed E-state index contributed by atoms with van der Waals surface area (Å²) >= 11 is 5.80. The van der Waals surface area contributed by atoms with E-state index in [2.05, 4.69) is 10.1 Å². The number of nitrogens with zero attached hydrogens (tertiary/aromatic N) is 3. The summed E-state index contributed by atoms with van der Waals surface area (Å²) in [6.07, 6.45) is -0.534. The number of halogens is 1. The highest BCUT2D eigenvalue weighted by Gasteiger charge is 2.33. The molecule has 7 nitrogen and oxygen atoms in total. The molecule has 0 aliphatic carbocycles. The number of rotatable bonds is 3. The zero-order valence-electron chi connectivity index (χ0n) is 11.8. The Hall–Kier alpha value is -1.48. The molecule has 1 aromatic carbocycles. The van der Waals surface area contributed by atoms with Crippen LogP contribution in [0.1, 0.15) is 17.8 Å². The first-order valence-electron chi connectivity index (χ1n) is 6.64. The van der Waals surface area contributed by atoms with E-state index in [9.17, 15) is 8.42 Å². The lowest BCUT2D eigenvalue weighted by molar-refractivity contribution is -0.00859. The number of sulfonamides is 1. The van der Waals surface area contributed by atoms with Crippen molar-refractivity contribution in [2.45, 2.75) is 17.9 Å². The number of aromatic nitrogens is 2. The van der Waals surface area contributed by atoms with Gasteiger partial charge in [-0.25, -0.2) is 8.42 Å². The van der Waals surface area contributed by atoms with Crippen molar-refractivity contribution >= 4 is 21.6 Å². The zero-order valence-corrected chi connectivity index (χ0v) is 13.3. The number of morpholine rings is 1. The van der Waals surface area contributed by atoms with Crippen LogP contribution in [0.15, 0.2) is 33.7 Å². The average molecular weight is 344 g/mol. The predicted molar refractivity (Wildman–Crippen MR) is 77.9 cm³/mol. The molecule has 0 unspecified atom stereocenters. The highest BCUT2D eigenvalue weighted by Crippen LogP contribution is 2.25. The summed E-state index contributed by atoms with van der Waals surface area (Å²) in [5.41, 5.74) is 0. The number of hydrogen-bond acceptors (Lipinski definition) is 6. The summed E-state index contributed by atoms with van der Waals surface area (Å²) in [5, 5.41) is 4.28. The zero-order chi connectivity index (χ0) is 15.7. The SMILES string of the molecule is Cc1nc([C@H]2CN(S(=O)(=O)c3ccc(Cl)cc3)CCO2)no1. The van der Waals surface area contributed by atoms with Crippen molar-refractivity contribution in [3.8, 4) is 0 Å². The molecule has 0 spiro atoms. The molecular formula is C13H14ClN3O4S. The fraction of sp³-hybridized carbons (Fsp3) is 0.385. The number of aryl methyl sites for hydroxylation is 1. The summed E-state index contributed by atoms with van der Waals surface area (Å²) in [6.45, 7) is 2.36. The molecule has 1 fully saturated rings. The van der Waals surface area contributed by atoms with Crippen molar-refractivity contribution in [2.75, 3.05) is 19.7 Å². The van der Waals surface area contributed by atoms with E-state index in [1.54, 1.807) is 19.1 Å². The van der Waals surface area contributed by atoms with Crippen LogP contribution in [0.5, 0.6) is 0 Å². The van der Waals surface area contributed by atoms with Crippen LogP contribution in [0.2, 0.25) is 5.02 Å². The van der Waals surface area contributed by atoms with Crippen molar-refractivity contribution in [3.05, 3.63) is 41.0 Å². The molecule has 118 valence electrons. The van der Waals surface area contributed by atoms with Crippen LogP contribution in [-0.4, -0.2) is 42.6 Å². The van der Waals surface area contributed by atoms with Gasteiger partial charge in [0.05, 0.1) is 11.5 Å². The van der Waals surface area contributed by atoms with Gasteiger partial charge in [-0.1, -0.05) is 16.8 Å². The first kappa shape index (κ1) is 15.4. The third-order valence-corrected chi connectivity index (χ3v) is 5.44. The standard InChI is InChI=1S/C13H14ClN3O4S/c1-9-15-13(16-21-9)12-8-17(6-7-20-12)22(18,19)11-4-2-10(14)3-5-11/h2-5,12H,6-8H2,1H3/t12-/m1/s1. The summed E-state index contributed by atoms with van der Waals surface area (Å²) < 4.78 is 37.1. The van der Waals surface area contributed by atoms with Crippen molar-refractivity contribution in [3.63, 3.8) is 0 Å². The second-order valence-electron chi connectivity index (χ2n) is 4.85. The van der Waals surface area contributed by atoms with Crippen molar-refractivity contribution in [1.29, 1.82) is 0 Å². The van der Waals surface area contributed by atoms with Gasteiger partial charge >= 0.3 is 0 Å². The van der Waals surface area contributed by atoms with Crippen LogP contribution < -0.4 is 0 Å². The molecule has 0 amide bonds. The Kier molecular flexibility index (Phi) is 4.18. The van der Waals surface area contributed by atoms with Crippen LogP contribution >= 0.6 is 11.6 Å². The molecule has 22 heavy (non-hydrogen) atoms. The lowest BCUT2D eigenvalue weighted by Gasteiger charge is -2.30. The summed E-state index contributed by atoms with van der Waals surface area (Å²) in [5.74, 6) is 0.768. The maximum atomic E-state index is 12.6. The van der Waals surface area contributed by atoms with Gasteiger partial charge in [0.25, 0.3) is 0 Å². The van der Waals surface area contributed by atoms with E-state index in [4.69, 9.17) is 20.9 Å². The van der Waals surface area contributed by atoms with E-state index >= 15 is 0 Å². The fourth-order valence-electron chi connectivity index (χ4n) is 2.20. The van der Waals surface area contributed by atoms with E-state index in [0.717, 1.165) is 0 Å². The molecule has 1 aromatic heterocycles. The Morgan fingerprint density at radius 3 is 2.68 bits per heavy atom. The summed E-state index contributed by atoms with van der Waals surface area (Å²) in [7, 11) is -3.60. The lowest BCUT2D eigenvalue weighted by atomic mass is 10.3. The highest BCUT2D eigenvalue weighted by molar-refractivity contribution is 7.89. The van der Waals surface area contributed by atoms with E-state index in [0.29, 0.717) is 16.7 Å². The second kappa shape index (κ2) is 5.96. The molecule has 0 radical (unpaired) electrons. The van der Waals surface area contributed by atoms with Gasteiger partial charge in [0, 0.05) is 25.0 Å². The van der Waals surface area contributed by atoms with Crippen molar-refractivity contribution < 1.29 is 17.7 Å². The third-order valence-electron chi connectivity index (χ3n) is 3.31. The number of ether oxygens (including phenoxy) is 1. The molecule has 1 aliphatic heterocycles. The molecule has 1 atom stereocenters. The van der Waals surface area contributed by atoms with Gasteiger partial charge in [-0.3, -0.25) is 0 Å². The molecular weight excluding hydrogens is 330 g/mol. The minimum Gasteiger partial charge on any atom is -0.367 e. The molecule has 1 saturated heterocycles. The second-order valence-corrected chi connectivity index (χ2v) is 7.22. The average Bonchev–Trinajstić information content (AvgIpc) is 2.94. The predicted octanol–water partition coefficient (Wildman–Crippen LogP) is 1.79. The van der Waals surface area contributed by atoms with Crippen molar-refractivity contribution in [1.82, 2.24) is 14.4 Å². The summed E-state index contributed by atoms with van der Waals surface area (Å²) in [4.78, 5) is 4.29. The quantitative estimate of drug-likeness (QED) is 0.844. The van der Waals surface area contributed by atoms with E-state index in [-0.39, 0.29) is 24.6 Å². The van der Waals surface area contributed by atoms with Gasteiger partial charge in [-0.05, 0) is 24.3 Å². The fourth-order valence-corrected chi connectivity index (χ4v) is 3.75. The van der Waals surface area contributed by atoms with Gasteiger partial charge in [-0.2, -0.15) is 9.29 Å². The van der Waals surface area contributed by atoms with E-state index in [1.807, 2.05) is 0 Å². The Labute approximate surface area is 132 Å². The van der Waals surface area contributed by atoms with Crippen molar-refractivity contribution in [2.24, 2.45) is 0 Å². The minimum atomic E-state index is -3.60. The molecule has 1 aliphatic rings. The Balaban J connectivity index is 1.83. The van der Waals surface area contributed by atoms with Gasteiger partial charge in [0.15, 0.2) is 0 Å². The normalized spacial score (nSPS) is 20.2. The van der Waals surface area contributed by atoms with Gasteiger partial charge < -0.3 is 9.26 Å². The first-order chi connectivity index (χ1) is 10.5. The minimum absolute atomic E-state index is 0.143. The highest BCUT2D eigenvalue weighted by atomic mass is 35.5. The largest absolute Gasteiger partial charge is 0.367 e. The molecule has 0 N–H and O–H groups in total. The topological polar surface area (TPSA) is 85.5 Å².